The Hall–Kier alpha value is -1.68. The van der Waals surface area contributed by atoms with Gasteiger partial charge in [0, 0.05) is 5.56 Å². The number of rotatable bonds is 7. The molecule has 2 N–H and O–H groups in total. The zero-order chi connectivity index (χ0) is 15.3. The molecule has 1 rings (SSSR count). The summed E-state index contributed by atoms with van der Waals surface area (Å²) < 4.78 is 0. The summed E-state index contributed by atoms with van der Waals surface area (Å²) in [6, 6.07) is 4.81. The number of Topliss-reactive ketones (excluding diaryl/α,β-unsaturated/α-hetero) is 1. The predicted molar refractivity (Wildman–Crippen MR) is 79.1 cm³/mol. The maximum absolute atomic E-state index is 12.4. The maximum Gasteiger partial charge on any atom is 0.305 e. The highest BCUT2D eigenvalue weighted by Crippen LogP contribution is 2.13. The van der Waals surface area contributed by atoms with E-state index in [0.29, 0.717) is 18.0 Å². The number of carboxylic acid groups (broad SMARTS) is 1. The van der Waals surface area contributed by atoms with E-state index in [-0.39, 0.29) is 12.2 Å². The van der Waals surface area contributed by atoms with Crippen molar-refractivity contribution < 1.29 is 14.7 Å². The van der Waals surface area contributed by atoms with Crippen LogP contribution < -0.4 is 5.32 Å². The van der Waals surface area contributed by atoms with E-state index in [1.165, 1.54) is 0 Å². The van der Waals surface area contributed by atoms with Gasteiger partial charge in [0.15, 0.2) is 5.78 Å². The van der Waals surface area contributed by atoms with E-state index in [1.54, 1.807) is 6.07 Å². The predicted octanol–water partition coefficient (Wildman–Crippen LogP) is 2.58. The number of aliphatic carboxylic acids is 1. The lowest BCUT2D eigenvalue weighted by atomic mass is 9.97. The van der Waals surface area contributed by atoms with Crippen molar-refractivity contribution >= 4 is 11.8 Å². The summed E-state index contributed by atoms with van der Waals surface area (Å²) in [4.78, 5) is 23.3. The summed E-state index contributed by atoms with van der Waals surface area (Å²) in [5, 5.41) is 12.0. The van der Waals surface area contributed by atoms with Crippen LogP contribution in [0.1, 0.15) is 41.8 Å². The third kappa shape index (κ3) is 4.78. The lowest BCUT2D eigenvalue weighted by Gasteiger charge is -2.18. The number of ketones is 1. The molecule has 0 saturated carbocycles. The first-order valence-corrected chi connectivity index (χ1v) is 6.88. The fraction of sp³-hybridized carbons (Fsp3) is 0.500. The SMILES string of the molecule is Cc1ccc(C(=O)C(CC(=O)O)NCC(C)C)cc1C. The molecule has 0 amide bonds. The number of carbonyl (C=O) groups is 2. The van der Waals surface area contributed by atoms with Crippen LogP contribution in [0.3, 0.4) is 0 Å². The highest BCUT2D eigenvalue weighted by atomic mass is 16.4. The van der Waals surface area contributed by atoms with Gasteiger partial charge in [0.1, 0.15) is 0 Å². The highest BCUT2D eigenvalue weighted by Gasteiger charge is 2.22. The molecule has 0 fully saturated rings. The monoisotopic (exact) mass is 277 g/mol. The van der Waals surface area contributed by atoms with E-state index < -0.39 is 12.0 Å². The number of benzene rings is 1. The molecule has 20 heavy (non-hydrogen) atoms. The average Bonchev–Trinajstić information content (AvgIpc) is 2.36. The molecule has 1 aromatic carbocycles. The van der Waals surface area contributed by atoms with Crippen LogP contribution in [0.25, 0.3) is 0 Å². The molecule has 4 nitrogen and oxygen atoms in total. The number of hydrogen-bond acceptors (Lipinski definition) is 3. The van der Waals surface area contributed by atoms with Crippen LogP contribution >= 0.6 is 0 Å². The van der Waals surface area contributed by atoms with E-state index in [1.807, 2.05) is 39.8 Å². The van der Waals surface area contributed by atoms with Crippen molar-refractivity contribution in [1.29, 1.82) is 0 Å². The van der Waals surface area contributed by atoms with E-state index in [0.717, 1.165) is 11.1 Å². The van der Waals surface area contributed by atoms with Gasteiger partial charge in [-0.15, -0.1) is 0 Å². The molecule has 1 atom stereocenters. The normalized spacial score (nSPS) is 12.4. The zero-order valence-corrected chi connectivity index (χ0v) is 12.6. The molecule has 0 saturated heterocycles. The van der Waals surface area contributed by atoms with Crippen molar-refractivity contribution in [1.82, 2.24) is 5.32 Å². The number of aryl methyl sites for hydroxylation is 2. The summed E-state index contributed by atoms with van der Waals surface area (Å²) in [6.07, 6.45) is -0.196. The largest absolute Gasteiger partial charge is 0.481 e. The molecule has 0 radical (unpaired) electrons. The molecule has 1 aromatic rings. The van der Waals surface area contributed by atoms with Crippen LogP contribution in [0, 0.1) is 19.8 Å². The van der Waals surface area contributed by atoms with Crippen LogP contribution in [-0.4, -0.2) is 29.4 Å². The third-order valence-corrected chi connectivity index (χ3v) is 3.26. The minimum atomic E-state index is -0.969. The number of carbonyl (C=O) groups excluding carboxylic acids is 1. The Kier molecular flexibility index (Phi) is 5.89. The summed E-state index contributed by atoms with van der Waals surface area (Å²) in [5.41, 5.74) is 2.72. The fourth-order valence-electron chi connectivity index (χ4n) is 1.91. The summed E-state index contributed by atoms with van der Waals surface area (Å²) in [7, 11) is 0. The van der Waals surface area contributed by atoms with Gasteiger partial charge in [0.05, 0.1) is 12.5 Å². The summed E-state index contributed by atoms with van der Waals surface area (Å²) in [6.45, 7) is 8.58. The van der Waals surface area contributed by atoms with Gasteiger partial charge in [-0.1, -0.05) is 26.0 Å². The summed E-state index contributed by atoms with van der Waals surface area (Å²) >= 11 is 0. The van der Waals surface area contributed by atoms with Crippen LogP contribution in [0.5, 0.6) is 0 Å². The molecule has 0 spiro atoms. The molecule has 4 heteroatoms. The Labute approximate surface area is 120 Å². The van der Waals surface area contributed by atoms with Gasteiger partial charge in [-0.3, -0.25) is 9.59 Å². The van der Waals surface area contributed by atoms with Crippen LogP contribution in [0.2, 0.25) is 0 Å². The van der Waals surface area contributed by atoms with Gasteiger partial charge < -0.3 is 10.4 Å². The van der Waals surface area contributed by atoms with Gasteiger partial charge >= 0.3 is 5.97 Å². The third-order valence-electron chi connectivity index (χ3n) is 3.26. The van der Waals surface area contributed by atoms with E-state index >= 15 is 0 Å². The first-order valence-electron chi connectivity index (χ1n) is 6.88. The molecule has 1 unspecified atom stereocenters. The van der Waals surface area contributed by atoms with Crippen molar-refractivity contribution in [3.05, 3.63) is 34.9 Å². The first-order chi connectivity index (χ1) is 9.31. The Balaban J connectivity index is 2.90. The van der Waals surface area contributed by atoms with E-state index in [4.69, 9.17) is 5.11 Å². The Morgan fingerprint density at radius 1 is 1.20 bits per heavy atom. The lowest BCUT2D eigenvalue weighted by molar-refractivity contribution is -0.137. The molecule has 110 valence electrons. The second-order valence-corrected chi connectivity index (χ2v) is 5.62. The molecule has 0 aliphatic rings. The number of carboxylic acids is 1. The Bertz CT molecular complexity index is 494. The molecule has 0 aliphatic carbocycles. The smallest absolute Gasteiger partial charge is 0.305 e. The van der Waals surface area contributed by atoms with Gasteiger partial charge in [-0.05, 0) is 43.5 Å². The van der Waals surface area contributed by atoms with Crippen molar-refractivity contribution in [2.24, 2.45) is 5.92 Å². The average molecular weight is 277 g/mol. The van der Waals surface area contributed by atoms with E-state index in [9.17, 15) is 9.59 Å². The molecule has 0 aromatic heterocycles. The topological polar surface area (TPSA) is 66.4 Å². The molecule has 0 heterocycles. The minimum Gasteiger partial charge on any atom is -0.481 e. The Morgan fingerprint density at radius 3 is 2.35 bits per heavy atom. The molecular weight excluding hydrogens is 254 g/mol. The number of nitrogens with one attached hydrogen (secondary N) is 1. The Morgan fingerprint density at radius 2 is 1.85 bits per heavy atom. The highest BCUT2D eigenvalue weighted by molar-refractivity contribution is 6.01. The van der Waals surface area contributed by atoms with Gasteiger partial charge in [0.2, 0.25) is 0 Å². The lowest BCUT2D eigenvalue weighted by Crippen LogP contribution is -2.40. The maximum atomic E-state index is 12.4. The number of hydrogen-bond donors (Lipinski definition) is 2. The van der Waals surface area contributed by atoms with Gasteiger partial charge in [0.25, 0.3) is 0 Å². The quantitative estimate of drug-likeness (QED) is 0.752. The van der Waals surface area contributed by atoms with Gasteiger partial charge in [-0.2, -0.15) is 0 Å². The molecule has 0 aliphatic heterocycles. The first kappa shape index (κ1) is 16.4. The minimum absolute atomic E-state index is 0.156. The van der Waals surface area contributed by atoms with Crippen LogP contribution in [0.15, 0.2) is 18.2 Å². The van der Waals surface area contributed by atoms with Crippen molar-refractivity contribution in [2.75, 3.05) is 6.54 Å². The second-order valence-electron chi connectivity index (χ2n) is 5.62. The molecular formula is C16H23NO3. The van der Waals surface area contributed by atoms with Crippen molar-refractivity contribution in [3.63, 3.8) is 0 Å². The second kappa shape index (κ2) is 7.20. The summed E-state index contributed by atoms with van der Waals surface area (Å²) in [5.74, 6) is -0.765. The standard InChI is InChI=1S/C16H23NO3/c1-10(2)9-17-14(8-15(18)19)16(20)13-6-5-11(3)12(4)7-13/h5-7,10,14,17H,8-9H2,1-4H3,(H,18,19). The van der Waals surface area contributed by atoms with Crippen molar-refractivity contribution in [3.8, 4) is 0 Å². The van der Waals surface area contributed by atoms with E-state index in [2.05, 4.69) is 5.32 Å². The zero-order valence-electron chi connectivity index (χ0n) is 12.6. The van der Waals surface area contributed by atoms with Crippen LogP contribution in [0.4, 0.5) is 0 Å². The van der Waals surface area contributed by atoms with Crippen molar-refractivity contribution in [2.45, 2.75) is 40.2 Å². The fourth-order valence-corrected chi connectivity index (χ4v) is 1.91. The van der Waals surface area contributed by atoms with Gasteiger partial charge in [-0.25, -0.2) is 0 Å². The molecule has 0 bridgehead atoms. The van der Waals surface area contributed by atoms with Crippen LogP contribution in [-0.2, 0) is 4.79 Å².